The Morgan fingerprint density at radius 3 is 1.36 bits per heavy atom. The van der Waals surface area contributed by atoms with E-state index < -0.39 is 5.60 Å². The minimum atomic E-state index is -0.458. The number of unbranched alkanes of at least 4 members (excludes halogenated alkanes) is 4. The van der Waals surface area contributed by atoms with Crippen LogP contribution in [0.1, 0.15) is 158 Å². The zero-order chi connectivity index (χ0) is 27.3. The molecule has 0 radical (unpaired) electrons. The Morgan fingerprint density at radius 1 is 0.556 bits per heavy atom. The molecule has 0 heterocycles. The molecule has 0 aliphatic heterocycles. The lowest BCUT2D eigenvalue weighted by atomic mass is 9.90. The maximum atomic E-state index is 10.3. The SMILES string of the molecule is CCCCC(CC)COC(CC)(CCCC)COC(CC)(CCCC)COC(CC)(CO)CCCC. The van der Waals surface area contributed by atoms with Crippen molar-refractivity contribution < 1.29 is 19.3 Å². The van der Waals surface area contributed by atoms with Crippen LogP contribution in [0.2, 0.25) is 0 Å². The van der Waals surface area contributed by atoms with Crippen molar-refractivity contribution in [3.8, 4) is 0 Å². The normalized spacial score (nSPS) is 17.9. The van der Waals surface area contributed by atoms with Crippen molar-refractivity contribution in [1.29, 1.82) is 0 Å². The van der Waals surface area contributed by atoms with Gasteiger partial charge in [0.25, 0.3) is 0 Å². The van der Waals surface area contributed by atoms with E-state index in [2.05, 4.69) is 55.4 Å². The highest BCUT2D eigenvalue weighted by Gasteiger charge is 2.38. The van der Waals surface area contributed by atoms with Gasteiger partial charge in [0, 0.05) is 0 Å². The summed E-state index contributed by atoms with van der Waals surface area (Å²) in [5.74, 6) is 0.630. The van der Waals surface area contributed by atoms with Gasteiger partial charge in [-0.3, -0.25) is 0 Å². The molecule has 0 bridgehead atoms. The van der Waals surface area contributed by atoms with Crippen LogP contribution in [0.15, 0.2) is 0 Å². The van der Waals surface area contributed by atoms with E-state index in [-0.39, 0.29) is 17.8 Å². The second kappa shape index (κ2) is 20.8. The maximum Gasteiger partial charge on any atom is 0.0914 e. The molecule has 0 amide bonds. The summed E-state index contributed by atoms with van der Waals surface area (Å²) < 4.78 is 20.4. The topological polar surface area (TPSA) is 47.9 Å². The smallest absolute Gasteiger partial charge is 0.0914 e. The fraction of sp³-hybridized carbons (Fsp3) is 1.00. The van der Waals surface area contributed by atoms with Crippen LogP contribution in [-0.2, 0) is 14.2 Å². The molecule has 36 heavy (non-hydrogen) atoms. The molecule has 0 fully saturated rings. The summed E-state index contributed by atoms with van der Waals surface area (Å²) in [6.45, 7) is 20.0. The van der Waals surface area contributed by atoms with E-state index in [0.29, 0.717) is 19.1 Å². The van der Waals surface area contributed by atoms with E-state index in [1.807, 2.05) is 0 Å². The third kappa shape index (κ3) is 13.1. The lowest BCUT2D eigenvalue weighted by Gasteiger charge is -2.42. The fourth-order valence-corrected chi connectivity index (χ4v) is 4.98. The molecule has 4 unspecified atom stereocenters. The van der Waals surface area contributed by atoms with Crippen molar-refractivity contribution in [2.24, 2.45) is 5.92 Å². The Bertz CT molecular complexity index is 493. The molecule has 0 aliphatic carbocycles. The molecule has 0 saturated carbocycles. The second-order valence-electron chi connectivity index (χ2n) is 11.4. The Kier molecular flexibility index (Phi) is 20.7. The summed E-state index contributed by atoms with van der Waals surface area (Å²) in [5.41, 5.74) is -1.02. The molecular weight excluding hydrogens is 448 g/mol. The molecule has 218 valence electrons. The minimum absolute atomic E-state index is 0.0751. The van der Waals surface area contributed by atoms with Crippen LogP contribution in [0.4, 0.5) is 0 Å². The number of hydrogen-bond acceptors (Lipinski definition) is 4. The van der Waals surface area contributed by atoms with Crippen molar-refractivity contribution in [1.82, 2.24) is 0 Å². The van der Waals surface area contributed by atoms with E-state index >= 15 is 0 Å². The molecule has 1 N–H and O–H groups in total. The molecule has 0 saturated heterocycles. The Morgan fingerprint density at radius 2 is 0.972 bits per heavy atom. The number of hydrogen-bond donors (Lipinski definition) is 1. The first-order chi connectivity index (χ1) is 17.3. The number of aliphatic hydroxyl groups is 1. The van der Waals surface area contributed by atoms with Gasteiger partial charge in [0.05, 0.1) is 43.2 Å². The third-order valence-electron chi connectivity index (χ3n) is 8.63. The lowest BCUT2D eigenvalue weighted by molar-refractivity contribution is -0.199. The van der Waals surface area contributed by atoms with Crippen LogP contribution in [0.3, 0.4) is 0 Å². The van der Waals surface area contributed by atoms with E-state index in [4.69, 9.17) is 14.2 Å². The number of aliphatic hydroxyl groups excluding tert-OH is 1. The molecule has 4 atom stereocenters. The highest BCUT2D eigenvalue weighted by Crippen LogP contribution is 2.34. The molecule has 4 heteroatoms. The van der Waals surface area contributed by atoms with Gasteiger partial charge in [-0.2, -0.15) is 0 Å². The van der Waals surface area contributed by atoms with Gasteiger partial charge in [-0.05, 0) is 50.9 Å². The standard InChI is InChI=1S/C32H66O4/c1-9-17-21-29(13-5)25-34-31(15-7,23-19-11-3)27-36-32(16-8,24-20-12-4)28-35-30(14-6,26-33)22-18-10-2/h29,33H,9-28H2,1-8H3. The first kappa shape index (κ1) is 35.8. The van der Waals surface area contributed by atoms with E-state index in [0.717, 1.165) is 77.2 Å². The highest BCUT2D eigenvalue weighted by atomic mass is 16.6. The fourth-order valence-electron chi connectivity index (χ4n) is 4.98. The summed E-state index contributed by atoms with van der Waals surface area (Å²) in [6, 6.07) is 0. The summed E-state index contributed by atoms with van der Waals surface area (Å²) >= 11 is 0. The molecule has 4 nitrogen and oxygen atoms in total. The van der Waals surface area contributed by atoms with Crippen molar-refractivity contribution in [3.63, 3.8) is 0 Å². The molecule has 0 aromatic rings. The molecule has 0 aromatic heterocycles. The predicted octanol–water partition coefficient (Wildman–Crippen LogP) is 9.26. The Labute approximate surface area is 226 Å². The summed E-state index contributed by atoms with van der Waals surface area (Å²) in [4.78, 5) is 0. The van der Waals surface area contributed by atoms with Crippen molar-refractivity contribution in [3.05, 3.63) is 0 Å². The van der Waals surface area contributed by atoms with Crippen molar-refractivity contribution in [2.45, 2.75) is 175 Å². The van der Waals surface area contributed by atoms with Gasteiger partial charge in [0.1, 0.15) is 0 Å². The summed E-state index contributed by atoms with van der Waals surface area (Å²) in [6.07, 6.45) is 17.4. The average Bonchev–Trinajstić information content (AvgIpc) is 2.92. The largest absolute Gasteiger partial charge is 0.393 e. The van der Waals surface area contributed by atoms with Gasteiger partial charge in [-0.25, -0.2) is 0 Å². The second-order valence-corrected chi connectivity index (χ2v) is 11.4. The maximum absolute atomic E-state index is 10.3. The van der Waals surface area contributed by atoms with Gasteiger partial charge in [0.15, 0.2) is 0 Å². The van der Waals surface area contributed by atoms with Crippen molar-refractivity contribution >= 4 is 0 Å². The first-order valence-electron chi connectivity index (χ1n) is 15.9. The van der Waals surface area contributed by atoms with Gasteiger partial charge < -0.3 is 19.3 Å². The minimum Gasteiger partial charge on any atom is -0.393 e. The van der Waals surface area contributed by atoms with Crippen LogP contribution < -0.4 is 0 Å². The van der Waals surface area contributed by atoms with E-state index in [9.17, 15) is 5.11 Å². The van der Waals surface area contributed by atoms with Crippen LogP contribution in [-0.4, -0.2) is 48.3 Å². The third-order valence-corrected chi connectivity index (χ3v) is 8.63. The quantitative estimate of drug-likeness (QED) is 0.125. The first-order valence-corrected chi connectivity index (χ1v) is 15.9. The van der Waals surface area contributed by atoms with Gasteiger partial charge in [-0.15, -0.1) is 0 Å². The molecular formula is C32H66O4. The van der Waals surface area contributed by atoms with Gasteiger partial charge in [-0.1, -0.05) is 113 Å². The number of rotatable bonds is 26. The van der Waals surface area contributed by atoms with Crippen molar-refractivity contribution in [2.75, 3.05) is 26.4 Å². The number of ether oxygens (including phenoxy) is 3. The van der Waals surface area contributed by atoms with Crippen LogP contribution in [0.5, 0.6) is 0 Å². The summed E-state index contributed by atoms with van der Waals surface area (Å²) in [7, 11) is 0. The van der Waals surface area contributed by atoms with Crippen LogP contribution in [0.25, 0.3) is 0 Å². The monoisotopic (exact) mass is 514 g/mol. The molecule has 0 spiro atoms. The van der Waals surface area contributed by atoms with Gasteiger partial charge in [0.2, 0.25) is 0 Å². The Balaban J connectivity index is 5.68. The van der Waals surface area contributed by atoms with E-state index in [1.54, 1.807) is 0 Å². The van der Waals surface area contributed by atoms with Gasteiger partial charge >= 0.3 is 0 Å². The molecule has 0 rings (SSSR count). The zero-order valence-electron chi connectivity index (χ0n) is 25.9. The highest BCUT2D eigenvalue weighted by molar-refractivity contribution is 4.88. The van der Waals surface area contributed by atoms with Crippen LogP contribution >= 0.6 is 0 Å². The van der Waals surface area contributed by atoms with E-state index in [1.165, 1.54) is 32.1 Å². The predicted molar refractivity (Wildman–Crippen MR) is 156 cm³/mol. The Hall–Kier alpha value is -0.160. The van der Waals surface area contributed by atoms with Crippen LogP contribution in [0, 0.1) is 5.92 Å². The zero-order valence-corrected chi connectivity index (χ0v) is 25.9. The summed E-state index contributed by atoms with van der Waals surface area (Å²) in [5, 5.41) is 10.3. The average molecular weight is 515 g/mol. The molecule has 0 aromatic carbocycles. The molecule has 0 aliphatic rings. The lowest BCUT2D eigenvalue weighted by Crippen LogP contribution is -2.48.